The Bertz CT molecular complexity index is 472. The number of nitrogens with two attached hydrogens (primary N) is 1. The molecule has 1 fully saturated rings. The molecule has 1 aliphatic heterocycles. The number of anilines is 2. The van der Waals surface area contributed by atoms with E-state index in [4.69, 9.17) is 10.5 Å². The summed E-state index contributed by atoms with van der Waals surface area (Å²) in [6.07, 6.45) is 1.51. The van der Waals surface area contributed by atoms with Crippen molar-refractivity contribution in [3.8, 4) is 0 Å². The normalized spacial score (nSPS) is 15.4. The van der Waals surface area contributed by atoms with Crippen LogP contribution >= 0.6 is 0 Å². The van der Waals surface area contributed by atoms with Crippen molar-refractivity contribution in [3.63, 3.8) is 0 Å². The van der Waals surface area contributed by atoms with E-state index in [1.165, 1.54) is 5.69 Å². The smallest absolute Gasteiger partial charge is 0.407 e. The fraction of sp³-hybridized carbons (Fsp3) is 0.611. The summed E-state index contributed by atoms with van der Waals surface area (Å²) in [6, 6.07) is 8.10. The molecule has 5 nitrogen and oxygen atoms in total. The van der Waals surface area contributed by atoms with Gasteiger partial charge in [-0.25, -0.2) is 4.79 Å². The number of hydrogen-bond acceptors (Lipinski definition) is 4. The fourth-order valence-electron chi connectivity index (χ4n) is 2.44. The summed E-state index contributed by atoms with van der Waals surface area (Å²) in [4.78, 5) is 14.1. The van der Waals surface area contributed by atoms with E-state index < -0.39 is 5.60 Å². The van der Waals surface area contributed by atoms with Gasteiger partial charge >= 0.3 is 6.09 Å². The highest BCUT2D eigenvalue weighted by Crippen LogP contribution is 2.21. The number of ether oxygens (including phenoxy) is 1. The number of carbonyl (C=O) groups excluding carboxylic acids is 1. The van der Waals surface area contributed by atoms with Crippen LogP contribution in [-0.4, -0.2) is 30.8 Å². The van der Waals surface area contributed by atoms with Gasteiger partial charge in [0.15, 0.2) is 0 Å². The van der Waals surface area contributed by atoms with Gasteiger partial charge in [-0.3, -0.25) is 0 Å². The molecule has 0 spiro atoms. The molecule has 1 aromatic carbocycles. The molecule has 3 N–H and O–H groups in total. The first-order valence-corrected chi connectivity index (χ1v) is 8.43. The third-order valence-electron chi connectivity index (χ3n) is 3.47. The van der Waals surface area contributed by atoms with Crippen molar-refractivity contribution >= 4 is 17.5 Å². The van der Waals surface area contributed by atoms with Gasteiger partial charge in [0.2, 0.25) is 0 Å². The molecular weight excluding hydrogens is 290 g/mol. The van der Waals surface area contributed by atoms with Gasteiger partial charge in [-0.2, -0.15) is 0 Å². The van der Waals surface area contributed by atoms with E-state index in [-0.39, 0.29) is 12.1 Å². The Morgan fingerprint density at radius 1 is 1.17 bits per heavy atom. The van der Waals surface area contributed by atoms with Crippen LogP contribution in [0.4, 0.5) is 16.2 Å². The minimum absolute atomic E-state index is 0.185. The molecule has 0 bridgehead atoms. The largest absolute Gasteiger partial charge is 0.444 e. The second-order valence-electron chi connectivity index (χ2n) is 6.50. The van der Waals surface area contributed by atoms with E-state index >= 15 is 0 Å². The molecular formula is C18H31N3O2. The Kier molecular flexibility index (Phi) is 7.20. The molecule has 1 aliphatic rings. The first-order chi connectivity index (χ1) is 10.8. The lowest BCUT2D eigenvalue weighted by Gasteiger charge is -2.34. The number of nitrogens with one attached hydrogen (secondary N) is 1. The summed E-state index contributed by atoms with van der Waals surface area (Å²) in [6.45, 7) is 11.5. The summed E-state index contributed by atoms with van der Waals surface area (Å²) in [5, 5.41) is 2.95. The van der Waals surface area contributed by atoms with E-state index in [2.05, 4.69) is 10.2 Å². The second-order valence-corrected chi connectivity index (χ2v) is 6.50. The van der Waals surface area contributed by atoms with Crippen LogP contribution in [0.1, 0.15) is 47.5 Å². The van der Waals surface area contributed by atoms with Crippen molar-refractivity contribution in [2.24, 2.45) is 0 Å². The molecule has 1 saturated heterocycles. The third-order valence-corrected chi connectivity index (χ3v) is 3.47. The minimum atomic E-state index is -0.450. The van der Waals surface area contributed by atoms with Crippen LogP contribution in [0.5, 0.6) is 0 Å². The van der Waals surface area contributed by atoms with Crippen LogP contribution in [-0.2, 0) is 4.74 Å². The van der Waals surface area contributed by atoms with Crippen molar-refractivity contribution in [2.45, 2.75) is 59.1 Å². The number of carbonyl (C=O) groups is 1. The van der Waals surface area contributed by atoms with Crippen LogP contribution in [0.25, 0.3) is 0 Å². The lowest BCUT2D eigenvalue weighted by Crippen LogP contribution is -2.46. The monoisotopic (exact) mass is 321 g/mol. The summed E-state index contributed by atoms with van der Waals surface area (Å²) in [5.41, 5.74) is 7.21. The maximum absolute atomic E-state index is 11.8. The zero-order valence-corrected chi connectivity index (χ0v) is 15.1. The Morgan fingerprint density at radius 2 is 1.70 bits per heavy atom. The van der Waals surface area contributed by atoms with Gasteiger partial charge < -0.3 is 20.7 Å². The quantitative estimate of drug-likeness (QED) is 0.813. The number of piperidine rings is 1. The Labute approximate surface area is 140 Å². The summed E-state index contributed by atoms with van der Waals surface area (Å²) in [7, 11) is 0. The van der Waals surface area contributed by atoms with E-state index in [0.717, 1.165) is 31.6 Å². The summed E-state index contributed by atoms with van der Waals surface area (Å²) in [5.74, 6) is 0. The molecule has 0 aromatic heterocycles. The zero-order chi connectivity index (χ0) is 17.5. The zero-order valence-electron chi connectivity index (χ0n) is 15.1. The molecule has 0 unspecified atom stereocenters. The molecule has 0 aliphatic carbocycles. The number of amides is 1. The van der Waals surface area contributed by atoms with Gasteiger partial charge in [-0.15, -0.1) is 0 Å². The minimum Gasteiger partial charge on any atom is -0.444 e. The predicted molar refractivity (Wildman–Crippen MR) is 96.8 cm³/mol. The highest BCUT2D eigenvalue weighted by atomic mass is 16.6. The first-order valence-electron chi connectivity index (χ1n) is 8.43. The van der Waals surface area contributed by atoms with E-state index in [1.54, 1.807) is 0 Å². The van der Waals surface area contributed by atoms with Gasteiger partial charge in [-0.1, -0.05) is 13.8 Å². The molecule has 130 valence electrons. The number of hydrogen-bond donors (Lipinski definition) is 2. The van der Waals surface area contributed by atoms with Crippen molar-refractivity contribution in [1.29, 1.82) is 0 Å². The molecule has 5 heteroatoms. The number of nitrogens with zero attached hydrogens (tertiary/aromatic N) is 1. The second kappa shape index (κ2) is 8.65. The van der Waals surface area contributed by atoms with Crippen LogP contribution in [0, 0.1) is 0 Å². The molecule has 1 amide bonds. The average molecular weight is 321 g/mol. The molecule has 1 aromatic rings. The molecule has 0 saturated carbocycles. The number of alkyl carbamates (subject to hydrolysis) is 1. The van der Waals surface area contributed by atoms with Crippen LogP contribution < -0.4 is 16.0 Å². The summed E-state index contributed by atoms with van der Waals surface area (Å²) >= 11 is 0. The maximum Gasteiger partial charge on any atom is 0.407 e. The number of rotatable bonds is 2. The molecule has 23 heavy (non-hydrogen) atoms. The topological polar surface area (TPSA) is 67.6 Å². The average Bonchev–Trinajstić information content (AvgIpc) is 2.49. The predicted octanol–water partition coefficient (Wildman–Crippen LogP) is 3.79. The van der Waals surface area contributed by atoms with Gasteiger partial charge in [0, 0.05) is 30.5 Å². The number of benzene rings is 1. The first kappa shape index (κ1) is 19.1. The lowest BCUT2D eigenvalue weighted by molar-refractivity contribution is 0.0497. The van der Waals surface area contributed by atoms with E-state index in [9.17, 15) is 4.79 Å². The molecule has 0 atom stereocenters. The van der Waals surface area contributed by atoms with Crippen LogP contribution in [0.2, 0.25) is 0 Å². The van der Waals surface area contributed by atoms with Crippen molar-refractivity contribution in [2.75, 3.05) is 23.7 Å². The van der Waals surface area contributed by atoms with E-state index in [1.807, 2.05) is 58.9 Å². The summed E-state index contributed by atoms with van der Waals surface area (Å²) < 4.78 is 5.29. The highest BCUT2D eigenvalue weighted by Gasteiger charge is 2.23. The van der Waals surface area contributed by atoms with Crippen LogP contribution in [0.3, 0.4) is 0 Å². The standard InChI is InChI=1S/C16H25N3O2.C2H6/c1-16(2,3)21-15(20)18-13-8-10-19(11-9-13)14-6-4-12(17)5-7-14;1-2/h4-7,13H,8-11,17H2,1-3H3,(H,18,20);1-2H3. The van der Waals surface area contributed by atoms with Crippen molar-refractivity contribution < 1.29 is 9.53 Å². The van der Waals surface area contributed by atoms with Gasteiger partial charge in [0.1, 0.15) is 5.60 Å². The highest BCUT2D eigenvalue weighted by molar-refractivity contribution is 5.68. The Hall–Kier alpha value is -1.91. The Balaban J connectivity index is 0.00000127. The van der Waals surface area contributed by atoms with Crippen LogP contribution in [0.15, 0.2) is 24.3 Å². The number of nitrogen functional groups attached to an aromatic ring is 1. The van der Waals surface area contributed by atoms with Crippen molar-refractivity contribution in [1.82, 2.24) is 5.32 Å². The third kappa shape index (κ3) is 6.80. The SMILES string of the molecule is CC.CC(C)(C)OC(=O)NC1CCN(c2ccc(N)cc2)CC1. The molecule has 1 heterocycles. The Morgan fingerprint density at radius 3 is 2.17 bits per heavy atom. The molecule has 0 radical (unpaired) electrons. The van der Waals surface area contributed by atoms with Crippen molar-refractivity contribution in [3.05, 3.63) is 24.3 Å². The van der Waals surface area contributed by atoms with Gasteiger partial charge in [0.25, 0.3) is 0 Å². The maximum atomic E-state index is 11.8. The molecule has 2 rings (SSSR count). The fourth-order valence-corrected chi connectivity index (χ4v) is 2.44. The van der Waals surface area contributed by atoms with Gasteiger partial charge in [0.05, 0.1) is 0 Å². The van der Waals surface area contributed by atoms with E-state index in [0.29, 0.717) is 0 Å². The lowest BCUT2D eigenvalue weighted by atomic mass is 10.0. The van der Waals surface area contributed by atoms with Gasteiger partial charge in [-0.05, 0) is 57.9 Å².